The van der Waals surface area contributed by atoms with Gasteiger partial charge in [-0.2, -0.15) is 0 Å². The van der Waals surface area contributed by atoms with E-state index in [0.29, 0.717) is 0 Å². The van der Waals surface area contributed by atoms with Gasteiger partial charge in [-0.1, -0.05) is 42.5 Å². The summed E-state index contributed by atoms with van der Waals surface area (Å²) in [4.78, 5) is 12.4. The van der Waals surface area contributed by atoms with Crippen LogP contribution in [-0.2, 0) is 6.54 Å². The minimum Gasteiger partial charge on any atom is -0.332 e. The Hall–Kier alpha value is -2.92. The lowest BCUT2D eigenvalue weighted by molar-refractivity contribution is 0.169. The van der Waals surface area contributed by atoms with Crippen LogP contribution in [0.25, 0.3) is 11.0 Å². The van der Waals surface area contributed by atoms with Crippen molar-refractivity contribution in [3.8, 4) is 0 Å². The van der Waals surface area contributed by atoms with Crippen LogP contribution in [0.5, 0.6) is 0 Å². The molecule has 0 radical (unpaired) electrons. The summed E-state index contributed by atoms with van der Waals surface area (Å²) in [5, 5.41) is 0. The number of rotatable bonds is 4. The number of para-hydroxylation sites is 2. The zero-order valence-corrected chi connectivity index (χ0v) is 16.8. The summed E-state index contributed by atoms with van der Waals surface area (Å²) in [5.41, 5.74) is 12.5. The van der Waals surface area contributed by atoms with Crippen molar-refractivity contribution in [3.05, 3.63) is 77.3 Å². The zero-order chi connectivity index (χ0) is 19.8. The lowest BCUT2D eigenvalue weighted by Crippen LogP contribution is -2.36. The number of aromatic nitrogens is 2. The summed E-state index contributed by atoms with van der Waals surface area (Å²) >= 11 is 0. The zero-order valence-electron chi connectivity index (χ0n) is 16.8. The van der Waals surface area contributed by atoms with Crippen molar-refractivity contribution >= 4 is 17.2 Å². The van der Waals surface area contributed by atoms with Gasteiger partial charge in [-0.05, 0) is 55.9 Å². The summed E-state index contributed by atoms with van der Waals surface area (Å²) in [6.07, 6.45) is 6.62. The molecule has 2 heterocycles. The highest BCUT2D eigenvalue weighted by Gasteiger charge is 2.31. The van der Waals surface area contributed by atoms with E-state index in [0.717, 1.165) is 36.2 Å². The van der Waals surface area contributed by atoms with Gasteiger partial charge in [0.1, 0.15) is 5.82 Å². The largest absolute Gasteiger partial charge is 0.332 e. The minimum absolute atomic E-state index is 0.166. The molecule has 1 aliphatic heterocycles. The minimum atomic E-state index is -0.169. The Morgan fingerprint density at radius 3 is 2.62 bits per heavy atom. The van der Waals surface area contributed by atoms with E-state index in [2.05, 4.69) is 64.2 Å². The predicted octanol–water partition coefficient (Wildman–Crippen LogP) is 4.93. The molecule has 2 N–H and O–H groups in total. The molecule has 2 aromatic carbocycles. The number of hydrogen-bond acceptors (Lipinski definition) is 4. The highest BCUT2D eigenvalue weighted by molar-refractivity contribution is 5.81. The summed E-state index contributed by atoms with van der Waals surface area (Å²) in [6, 6.07) is 18.8. The van der Waals surface area contributed by atoms with Crippen LogP contribution in [0.15, 0.2) is 70.9 Å². The van der Waals surface area contributed by atoms with Crippen LogP contribution in [0.2, 0.25) is 0 Å². The molecule has 2 atom stereocenters. The van der Waals surface area contributed by atoms with Gasteiger partial charge in [0.2, 0.25) is 6.29 Å². The quantitative estimate of drug-likeness (QED) is 0.693. The number of nitrogens with zero attached hydrogens (tertiary/aromatic N) is 4. The van der Waals surface area contributed by atoms with Gasteiger partial charge in [0.15, 0.2) is 0 Å². The normalized spacial score (nSPS) is 20.2. The maximum Gasteiger partial charge on any atom is 0.204 e. The molecule has 5 heteroatoms. The first-order valence-electron chi connectivity index (χ1n) is 10.5. The lowest BCUT2D eigenvalue weighted by atomic mass is 9.94. The van der Waals surface area contributed by atoms with E-state index in [-0.39, 0.29) is 12.3 Å². The molecule has 0 spiro atoms. The van der Waals surface area contributed by atoms with E-state index < -0.39 is 0 Å². The van der Waals surface area contributed by atoms with Crippen LogP contribution >= 0.6 is 0 Å². The average Bonchev–Trinajstić information content (AvgIpc) is 3.15. The second-order valence-corrected chi connectivity index (χ2v) is 8.03. The molecule has 3 aromatic rings. The van der Waals surface area contributed by atoms with Crippen molar-refractivity contribution in [1.29, 1.82) is 0 Å². The molecule has 5 rings (SSSR count). The highest BCUT2D eigenvalue weighted by atomic mass is 15.4. The molecule has 0 fully saturated rings. The van der Waals surface area contributed by atoms with Gasteiger partial charge < -0.3 is 10.6 Å². The molecular formula is C24H27N5. The maximum absolute atomic E-state index is 6.35. The smallest absolute Gasteiger partial charge is 0.204 e. The van der Waals surface area contributed by atoms with Crippen LogP contribution in [0.3, 0.4) is 0 Å². The van der Waals surface area contributed by atoms with E-state index in [1.807, 2.05) is 13.0 Å². The predicted molar refractivity (Wildman–Crippen MR) is 117 cm³/mol. The van der Waals surface area contributed by atoms with Crippen molar-refractivity contribution in [2.24, 2.45) is 10.7 Å². The van der Waals surface area contributed by atoms with Gasteiger partial charge in [0, 0.05) is 18.5 Å². The van der Waals surface area contributed by atoms with Gasteiger partial charge in [-0.25, -0.2) is 9.98 Å². The molecule has 0 bridgehead atoms. The average molecular weight is 386 g/mol. The van der Waals surface area contributed by atoms with Crippen LogP contribution in [0.1, 0.15) is 56.3 Å². The molecular weight excluding hydrogens is 358 g/mol. The molecule has 29 heavy (non-hydrogen) atoms. The van der Waals surface area contributed by atoms with Crippen LogP contribution in [-0.4, -0.2) is 20.7 Å². The maximum atomic E-state index is 6.35. The fourth-order valence-electron chi connectivity index (χ4n) is 4.55. The fraction of sp³-hybridized carbons (Fsp3) is 0.333. The van der Waals surface area contributed by atoms with Crippen LogP contribution in [0.4, 0.5) is 0 Å². The molecule has 0 saturated heterocycles. The monoisotopic (exact) mass is 385 g/mol. The standard InChI is InChI=1S/C24H27N5/c1-17(25)23-27-20-12-6-8-14-22(20)29(23)24-26-15-19-11-5-7-13-21(19)28(24)16-18-9-3-2-4-10-18/h2-4,6,8-10,12,14-15,17,24H,5,7,11,13,16,25H2,1H3. The first-order valence-corrected chi connectivity index (χ1v) is 10.5. The summed E-state index contributed by atoms with van der Waals surface area (Å²) in [6.45, 7) is 2.82. The second kappa shape index (κ2) is 7.48. The number of imidazole rings is 1. The molecule has 0 amide bonds. The van der Waals surface area contributed by atoms with Crippen LogP contribution < -0.4 is 5.73 Å². The SMILES string of the molecule is CC(N)c1nc2ccccc2n1C1N=CC2=C(CCCC2)N1Cc1ccccc1. The van der Waals surface area contributed by atoms with Gasteiger partial charge in [-0.15, -0.1) is 0 Å². The van der Waals surface area contributed by atoms with Crippen molar-refractivity contribution in [2.45, 2.75) is 51.5 Å². The van der Waals surface area contributed by atoms with E-state index in [1.165, 1.54) is 29.7 Å². The summed E-state index contributed by atoms with van der Waals surface area (Å²) in [7, 11) is 0. The topological polar surface area (TPSA) is 59.4 Å². The van der Waals surface area contributed by atoms with Crippen molar-refractivity contribution < 1.29 is 0 Å². The molecule has 1 aromatic heterocycles. The lowest BCUT2D eigenvalue weighted by Gasteiger charge is -2.40. The number of allylic oxidation sites excluding steroid dienone is 2. The molecule has 148 valence electrons. The number of fused-ring (bicyclic) bond motifs is 1. The van der Waals surface area contributed by atoms with Gasteiger partial charge >= 0.3 is 0 Å². The van der Waals surface area contributed by atoms with Gasteiger partial charge in [0.05, 0.1) is 17.1 Å². The van der Waals surface area contributed by atoms with E-state index in [9.17, 15) is 0 Å². The number of nitrogens with two attached hydrogens (primary N) is 1. The van der Waals surface area contributed by atoms with E-state index in [4.69, 9.17) is 15.7 Å². The molecule has 1 aliphatic carbocycles. The van der Waals surface area contributed by atoms with Crippen LogP contribution in [0, 0.1) is 0 Å². The summed E-state index contributed by atoms with van der Waals surface area (Å²) in [5.74, 6) is 0.881. The van der Waals surface area contributed by atoms with Crippen molar-refractivity contribution in [2.75, 3.05) is 0 Å². The molecule has 5 nitrogen and oxygen atoms in total. The molecule has 2 aliphatic rings. The Labute approximate surface area is 171 Å². The Morgan fingerprint density at radius 2 is 1.79 bits per heavy atom. The highest BCUT2D eigenvalue weighted by Crippen LogP contribution is 2.38. The van der Waals surface area contributed by atoms with E-state index in [1.54, 1.807) is 0 Å². The molecule has 0 saturated carbocycles. The third kappa shape index (κ3) is 3.25. The third-order valence-corrected chi connectivity index (χ3v) is 5.93. The van der Waals surface area contributed by atoms with Crippen molar-refractivity contribution in [1.82, 2.24) is 14.5 Å². The third-order valence-electron chi connectivity index (χ3n) is 5.93. The Kier molecular flexibility index (Phi) is 4.68. The first kappa shape index (κ1) is 18.1. The number of aliphatic imine (C=N–C) groups is 1. The van der Waals surface area contributed by atoms with E-state index >= 15 is 0 Å². The second-order valence-electron chi connectivity index (χ2n) is 8.03. The first-order chi connectivity index (χ1) is 14.2. The Morgan fingerprint density at radius 1 is 1.03 bits per heavy atom. The van der Waals surface area contributed by atoms with Crippen molar-refractivity contribution in [3.63, 3.8) is 0 Å². The number of hydrogen-bond donors (Lipinski definition) is 1. The van der Waals surface area contributed by atoms with Gasteiger partial charge in [0.25, 0.3) is 0 Å². The van der Waals surface area contributed by atoms with Gasteiger partial charge in [-0.3, -0.25) is 4.57 Å². The molecule has 2 unspecified atom stereocenters. The fourth-order valence-corrected chi connectivity index (χ4v) is 4.55. The number of benzene rings is 2. The summed E-state index contributed by atoms with van der Waals surface area (Å²) < 4.78 is 2.23. The Balaban J connectivity index is 1.65. The Bertz CT molecular complexity index is 1080.